The maximum absolute atomic E-state index is 5.65. The van der Waals surface area contributed by atoms with Gasteiger partial charge in [0.15, 0.2) is 0 Å². The maximum Gasteiger partial charge on any atom is 0.0702 e. The van der Waals surface area contributed by atoms with Crippen molar-refractivity contribution in [3.05, 3.63) is 0 Å². The van der Waals surface area contributed by atoms with Crippen LogP contribution in [0.4, 0.5) is 0 Å². The number of hydrogen-bond acceptors (Lipinski definition) is 3. The highest BCUT2D eigenvalue weighted by molar-refractivity contribution is 4.73. The lowest BCUT2D eigenvalue weighted by molar-refractivity contribution is 0.00566. The number of rotatable bonds is 6. The van der Waals surface area contributed by atoms with Crippen LogP contribution in [0.3, 0.4) is 0 Å². The van der Waals surface area contributed by atoms with Crippen LogP contribution in [0.15, 0.2) is 0 Å². The summed E-state index contributed by atoms with van der Waals surface area (Å²) in [6, 6.07) is 0. The molecule has 1 aliphatic heterocycles. The van der Waals surface area contributed by atoms with Gasteiger partial charge in [0.05, 0.1) is 6.10 Å². The molecule has 0 aliphatic carbocycles. The second kappa shape index (κ2) is 7.21. The molecule has 1 fully saturated rings. The van der Waals surface area contributed by atoms with Gasteiger partial charge < -0.3 is 15.4 Å². The Morgan fingerprint density at radius 3 is 3.00 bits per heavy atom. The van der Waals surface area contributed by atoms with E-state index in [1.807, 2.05) is 0 Å². The maximum atomic E-state index is 5.65. The number of nitrogens with zero attached hydrogens (tertiary/aromatic N) is 1. The van der Waals surface area contributed by atoms with Crippen molar-refractivity contribution in [1.82, 2.24) is 4.90 Å². The first-order valence-electron chi connectivity index (χ1n) is 5.90. The SMILES string of the molecule is CCOC1CCCN(CCCCN)C1. The molecule has 0 radical (unpaired) electrons. The summed E-state index contributed by atoms with van der Waals surface area (Å²) < 4.78 is 5.65. The zero-order chi connectivity index (χ0) is 10.2. The van der Waals surface area contributed by atoms with Crippen LogP contribution in [0.2, 0.25) is 0 Å². The Bertz CT molecular complexity index is 139. The molecule has 1 atom stereocenters. The number of ether oxygens (including phenoxy) is 1. The Morgan fingerprint density at radius 1 is 1.43 bits per heavy atom. The molecule has 0 aromatic heterocycles. The largest absolute Gasteiger partial charge is 0.377 e. The minimum absolute atomic E-state index is 0.478. The van der Waals surface area contributed by atoms with Crippen molar-refractivity contribution < 1.29 is 4.74 Å². The average Bonchev–Trinajstić information content (AvgIpc) is 2.19. The number of likely N-dealkylation sites (tertiary alicyclic amines) is 1. The molecule has 1 heterocycles. The molecule has 0 aromatic carbocycles. The molecule has 14 heavy (non-hydrogen) atoms. The lowest BCUT2D eigenvalue weighted by Crippen LogP contribution is -2.40. The Labute approximate surface area is 87.6 Å². The quantitative estimate of drug-likeness (QED) is 0.655. The fraction of sp³-hybridized carbons (Fsp3) is 1.00. The zero-order valence-electron chi connectivity index (χ0n) is 9.37. The third-order valence-electron chi connectivity index (χ3n) is 2.79. The van der Waals surface area contributed by atoms with E-state index in [0.717, 1.165) is 26.1 Å². The van der Waals surface area contributed by atoms with Gasteiger partial charge in [0.25, 0.3) is 0 Å². The van der Waals surface area contributed by atoms with Crippen LogP contribution in [0.5, 0.6) is 0 Å². The second-order valence-electron chi connectivity index (χ2n) is 4.02. The molecule has 1 saturated heterocycles. The molecule has 2 N–H and O–H groups in total. The molecule has 0 saturated carbocycles. The predicted molar refractivity (Wildman–Crippen MR) is 59.4 cm³/mol. The number of nitrogens with two attached hydrogens (primary N) is 1. The van der Waals surface area contributed by atoms with Crippen molar-refractivity contribution in [3.8, 4) is 0 Å². The van der Waals surface area contributed by atoms with Gasteiger partial charge in [-0.25, -0.2) is 0 Å². The van der Waals surface area contributed by atoms with Crippen molar-refractivity contribution in [3.63, 3.8) is 0 Å². The molecule has 1 unspecified atom stereocenters. The van der Waals surface area contributed by atoms with E-state index in [9.17, 15) is 0 Å². The van der Waals surface area contributed by atoms with Gasteiger partial charge in [-0.05, 0) is 52.2 Å². The molecule has 3 nitrogen and oxygen atoms in total. The van der Waals surface area contributed by atoms with Gasteiger partial charge in [0, 0.05) is 13.2 Å². The van der Waals surface area contributed by atoms with E-state index in [1.54, 1.807) is 0 Å². The van der Waals surface area contributed by atoms with Crippen molar-refractivity contribution in [2.45, 2.75) is 38.7 Å². The highest BCUT2D eigenvalue weighted by Crippen LogP contribution is 2.13. The first-order chi connectivity index (χ1) is 6.86. The standard InChI is InChI=1S/C11H24N2O/c1-2-14-11-6-5-9-13(10-11)8-4-3-7-12/h11H,2-10,12H2,1H3. The van der Waals surface area contributed by atoms with Gasteiger partial charge in [-0.3, -0.25) is 0 Å². The smallest absolute Gasteiger partial charge is 0.0702 e. The highest BCUT2D eigenvalue weighted by atomic mass is 16.5. The minimum atomic E-state index is 0.478. The minimum Gasteiger partial charge on any atom is -0.377 e. The van der Waals surface area contributed by atoms with Gasteiger partial charge in [-0.1, -0.05) is 0 Å². The van der Waals surface area contributed by atoms with Crippen LogP contribution in [0.1, 0.15) is 32.6 Å². The van der Waals surface area contributed by atoms with Crippen molar-refractivity contribution >= 4 is 0 Å². The second-order valence-corrected chi connectivity index (χ2v) is 4.02. The Kier molecular flexibility index (Phi) is 6.15. The summed E-state index contributed by atoms with van der Waals surface area (Å²) in [5.74, 6) is 0. The predicted octanol–water partition coefficient (Wildman–Crippen LogP) is 1.23. The summed E-state index contributed by atoms with van der Waals surface area (Å²) >= 11 is 0. The molecule has 1 aliphatic rings. The van der Waals surface area contributed by atoms with Crippen LogP contribution in [-0.4, -0.2) is 43.8 Å². The first-order valence-corrected chi connectivity index (χ1v) is 5.90. The summed E-state index contributed by atoms with van der Waals surface area (Å²) in [6.45, 7) is 7.31. The van der Waals surface area contributed by atoms with Crippen molar-refractivity contribution in [2.24, 2.45) is 5.73 Å². The molecule has 0 aromatic rings. The zero-order valence-corrected chi connectivity index (χ0v) is 9.37. The summed E-state index contributed by atoms with van der Waals surface area (Å²) in [7, 11) is 0. The van der Waals surface area contributed by atoms with Crippen LogP contribution in [0.25, 0.3) is 0 Å². The van der Waals surface area contributed by atoms with E-state index in [-0.39, 0.29) is 0 Å². The van der Waals surface area contributed by atoms with Crippen LogP contribution in [0, 0.1) is 0 Å². The summed E-state index contributed by atoms with van der Waals surface area (Å²) in [4.78, 5) is 2.51. The molecule has 3 heteroatoms. The fourth-order valence-electron chi connectivity index (χ4n) is 2.07. The van der Waals surface area contributed by atoms with E-state index >= 15 is 0 Å². The number of piperidine rings is 1. The third-order valence-corrected chi connectivity index (χ3v) is 2.79. The summed E-state index contributed by atoms with van der Waals surface area (Å²) in [5.41, 5.74) is 5.48. The van der Waals surface area contributed by atoms with Gasteiger partial charge in [-0.2, -0.15) is 0 Å². The molecule has 84 valence electrons. The fourth-order valence-corrected chi connectivity index (χ4v) is 2.07. The molecule has 1 rings (SSSR count). The number of unbranched alkanes of at least 4 members (excludes halogenated alkanes) is 1. The van der Waals surface area contributed by atoms with Gasteiger partial charge >= 0.3 is 0 Å². The van der Waals surface area contributed by atoms with Crippen LogP contribution in [-0.2, 0) is 4.74 Å². The van der Waals surface area contributed by atoms with Crippen LogP contribution < -0.4 is 5.73 Å². The lowest BCUT2D eigenvalue weighted by atomic mass is 10.1. The molecule has 0 amide bonds. The summed E-state index contributed by atoms with van der Waals surface area (Å²) in [5, 5.41) is 0. The van der Waals surface area contributed by atoms with E-state index in [0.29, 0.717) is 6.10 Å². The normalized spacial score (nSPS) is 24.0. The molecule has 0 bridgehead atoms. The van der Waals surface area contributed by atoms with Crippen molar-refractivity contribution in [1.29, 1.82) is 0 Å². The van der Waals surface area contributed by atoms with E-state index < -0.39 is 0 Å². The van der Waals surface area contributed by atoms with Gasteiger partial charge in [0.2, 0.25) is 0 Å². The van der Waals surface area contributed by atoms with E-state index in [4.69, 9.17) is 10.5 Å². The topological polar surface area (TPSA) is 38.5 Å². The monoisotopic (exact) mass is 200 g/mol. The Balaban J connectivity index is 2.12. The third kappa shape index (κ3) is 4.40. The van der Waals surface area contributed by atoms with E-state index in [1.165, 1.54) is 32.4 Å². The van der Waals surface area contributed by atoms with Gasteiger partial charge in [0.1, 0.15) is 0 Å². The number of hydrogen-bond donors (Lipinski definition) is 1. The molecular weight excluding hydrogens is 176 g/mol. The van der Waals surface area contributed by atoms with Crippen LogP contribution >= 0.6 is 0 Å². The Hall–Kier alpha value is -0.120. The molecular formula is C11H24N2O. The highest BCUT2D eigenvalue weighted by Gasteiger charge is 2.18. The molecule has 0 spiro atoms. The lowest BCUT2D eigenvalue weighted by Gasteiger charge is -2.32. The summed E-state index contributed by atoms with van der Waals surface area (Å²) in [6.07, 6.45) is 5.38. The average molecular weight is 200 g/mol. The van der Waals surface area contributed by atoms with Crippen molar-refractivity contribution in [2.75, 3.05) is 32.8 Å². The van der Waals surface area contributed by atoms with E-state index in [2.05, 4.69) is 11.8 Å². The first kappa shape index (κ1) is 12.0. The van der Waals surface area contributed by atoms with Gasteiger partial charge in [-0.15, -0.1) is 0 Å². The Morgan fingerprint density at radius 2 is 2.29 bits per heavy atom.